The number of carbonyl (C=O) groups excluding carboxylic acids is 1. The summed E-state index contributed by atoms with van der Waals surface area (Å²) >= 11 is 1.64. The lowest BCUT2D eigenvalue weighted by Gasteiger charge is -2.06. The number of hydrazone groups is 1. The number of hydrogen-bond acceptors (Lipinski definition) is 5. The lowest BCUT2D eigenvalue weighted by Crippen LogP contribution is -2.17. The van der Waals surface area contributed by atoms with Gasteiger partial charge < -0.3 is 9.47 Å². The van der Waals surface area contributed by atoms with Gasteiger partial charge in [-0.15, -0.1) is 11.8 Å². The molecule has 0 unspecified atom stereocenters. The molecule has 2 rings (SSSR count). The van der Waals surface area contributed by atoms with Crippen LogP contribution in [-0.2, 0) is 4.79 Å². The van der Waals surface area contributed by atoms with Crippen LogP contribution in [0, 0.1) is 0 Å². The summed E-state index contributed by atoms with van der Waals surface area (Å²) in [4.78, 5) is 13.0. The monoisotopic (exact) mass is 344 g/mol. The van der Waals surface area contributed by atoms with Crippen molar-refractivity contribution in [3.8, 4) is 11.5 Å². The molecule has 0 fully saturated rings. The van der Waals surface area contributed by atoms with Gasteiger partial charge in [-0.25, -0.2) is 5.43 Å². The van der Waals surface area contributed by atoms with Crippen LogP contribution in [0.5, 0.6) is 11.5 Å². The molecule has 2 aromatic rings. The molecule has 0 saturated carbocycles. The first kappa shape index (κ1) is 17.9. The predicted molar refractivity (Wildman–Crippen MR) is 97.1 cm³/mol. The van der Waals surface area contributed by atoms with Crippen LogP contribution in [0.4, 0.5) is 0 Å². The zero-order valence-electron chi connectivity index (χ0n) is 13.7. The lowest BCUT2D eigenvalue weighted by atomic mass is 10.2. The molecular formula is C18H20N2O3S. The molecule has 6 heteroatoms. The maximum atomic E-state index is 11.8. The van der Waals surface area contributed by atoms with Crippen LogP contribution < -0.4 is 14.9 Å². The Bertz CT molecular complexity index is 690. The molecule has 0 aliphatic rings. The summed E-state index contributed by atoms with van der Waals surface area (Å²) in [6.07, 6.45) is 1.94. The molecule has 0 aliphatic heterocycles. The summed E-state index contributed by atoms with van der Waals surface area (Å²) in [5, 5.41) is 3.98. The highest BCUT2D eigenvalue weighted by molar-refractivity contribution is 7.99. The van der Waals surface area contributed by atoms with Crippen LogP contribution >= 0.6 is 11.8 Å². The predicted octanol–water partition coefficient (Wildman–Crippen LogP) is 3.34. The SMILES string of the molecule is COc1ccc(OC)c(/C=N\NC(=O)CCSc2ccccc2)c1. The summed E-state index contributed by atoms with van der Waals surface area (Å²) in [5.41, 5.74) is 3.26. The fraction of sp³-hybridized carbons (Fsp3) is 0.222. The van der Waals surface area contributed by atoms with Crippen molar-refractivity contribution in [2.45, 2.75) is 11.3 Å². The third-order valence-electron chi connectivity index (χ3n) is 3.17. The van der Waals surface area contributed by atoms with E-state index in [1.165, 1.54) is 0 Å². The number of amides is 1. The molecule has 0 radical (unpaired) electrons. The van der Waals surface area contributed by atoms with Gasteiger partial charge >= 0.3 is 0 Å². The first-order valence-corrected chi connectivity index (χ1v) is 8.43. The molecular weight excluding hydrogens is 324 g/mol. The van der Waals surface area contributed by atoms with E-state index in [2.05, 4.69) is 10.5 Å². The number of ether oxygens (including phenoxy) is 2. The van der Waals surface area contributed by atoms with Crippen LogP contribution in [0.15, 0.2) is 58.5 Å². The molecule has 0 bridgehead atoms. The Balaban J connectivity index is 1.81. The Labute approximate surface area is 146 Å². The van der Waals surface area contributed by atoms with Gasteiger partial charge in [-0.05, 0) is 30.3 Å². The van der Waals surface area contributed by atoms with Gasteiger partial charge in [0.2, 0.25) is 5.91 Å². The minimum absolute atomic E-state index is 0.128. The largest absolute Gasteiger partial charge is 0.497 e. The zero-order chi connectivity index (χ0) is 17.2. The van der Waals surface area contributed by atoms with Crippen molar-refractivity contribution >= 4 is 23.9 Å². The molecule has 1 amide bonds. The molecule has 126 valence electrons. The third kappa shape index (κ3) is 5.62. The van der Waals surface area contributed by atoms with Crippen molar-refractivity contribution in [3.63, 3.8) is 0 Å². The van der Waals surface area contributed by atoms with Crippen molar-refractivity contribution in [1.82, 2.24) is 5.43 Å². The number of thioether (sulfide) groups is 1. The smallest absolute Gasteiger partial charge is 0.240 e. The zero-order valence-corrected chi connectivity index (χ0v) is 14.5. The Hall–Kier alpha value is -2.47. The maximum Gasteiger partial charge on any atom is 0.240 e. The minimum atomic E-state index is -0.128. The lowest BCUT2D eigenvalue weighted by molar-refractivity contribution is -0.120. The molecule has 1 N–H and O–H groups in total. The van der Waals surface area contributed by atoms with Gasteiger partial charge in [-0.3, -0.25) is 4.79 Å². The van der Waals surface area contributed by atoms with E-state index in [9.17, 15) is 4.79 Å². The highest BCUT2D eigenvalue weighted by Crippen LogP contribution is 2.22. The normalized spacial score (nSPS) is 10.6. The second-order valence-electron chi connectivity index (χ2n) is 4.81. The van der Waals surface area contributed by atoms with Crippen LogP contribution in [0.3, 0.4) is 0 Å². The summed E-state index contributed by atoms with van der Waals surface area (Å²) < 4.78 is 10.4. The topological polar surface area (TPSA) is 59.9 Å². The Morgan fingerprint density at radius 2 is 1.96 bits per heavy atom. The first-order valence-electron chi connectivity index (χ1n) is 7.44. The van der Waals surface area contributed by atoms with Gasteiger partial charge in [0.05, 0.1) is 20.4 Å². The standard InChI is InChI=1S/C18H20N2O3S/c1-22-15-8-9-17(23-2)14(12-15)13-19-20-18(21)10-11-24-16-6-4-3-5-7-16/h3-9,12-13H,10-11H2,1-2H3,(H,20,21)/b19-13-. The van der Waals surface area contributed by atoms with E-state index in [1.54, 1.807) is 50.4 Å². The van der Waals surface area contributed by atoms with Gasteiger partial charge in [-0.1, -0.05) is 18.2 Å². The second-order valence-corrected chi connectivity index (χ2v) is 5.98. The molecule has 2 aromatic carbocycles. The van der Waals surface area contributed by atoms with Crippen molar-refractivity contribution in [3.05, 3.63) is 54.1 Å². The minimum Gasteiger partial charge on any atom is -0.497 e. The van der Waals surface area contributed by atoms with Gasteiger partial charge in [0, 0.05) is 22.6 Å². The number of methoxy groups -OCH3 is 2. The number of nitrogens with zero attached hydrogens (tertiary/aromatic N) is 1. The summed E-state index contributed by atoms with van der Waals surface area (Å²) in [7, 11) is 3.17. The molecule has 0 aromatic heterocycles. The maximum absolute atomic E-state index is 11.8. The van der Waals surface area contributed by atoms with Crippen molar-refractivity contribution in [1.29, 1.82) is 0 Å². The average molecular weight is 344 g/mol. The van der Waals surface area contributed by atoms with Gasteiger partial charge in [0.1, 0.15) is 11.5 Å². The third-order valence-corrected chi connectivity index (χ3v) is 4.18. The number of carbonyl (C=O) groups is 1. The van der Waals surface area contributed by atoms with E-state index in [4.69, 9.17) is 9.47 Å². The molecule has 0 atom stereocenters. The highest BCUT2D eigenvalue weighted by Gasteiger charge is 2.04. The molecule has 0 heterocycles. The quantitative estimate of drug-likeness (QED) is 0.453. The molecule has 0 saturated heterocycles. The Morgan fingerprint density at radius 1 is 1.17 bits per heavy atom. The molecule has 0 spiro atoms. The fourth-order valence-electron chi connectivity index (χ4n) is 1.95. The highest BCUT2D eigenvalue weighted by atomic mass is 32.2. The molecule has 24 heavy (non-hydrogen) atoms. The second kappa shape index (κ2) is 9.62. The van der Waals surface area contributed by atoms with Crippen LogP contribution in [0.25, 0.3) is 0 Å². The first-order chi connectivity index (χ1) is 11.7. The van der Waals surface area contributed by atoms with E-state index in [0.717, 1.165) is 10.5 Å². The van der Waals surface area contributed by atoms with Gasteiger partial charge in [0.25, 0.3) is 0 Å². The average Bonchev–Trinajstić information content (AvgIpc) is 2.62. The van der Waals surface area contributed by atoms with Gasteiger partial charge in [-0.2, -0.15) is 5.10 Å². The summed E-state index contributed by atoms with van der Waals surface area (Å²) in [6.45, 7) is 0. The number of nitrogens with one attached hydrogen (secondary N) is 1. The van der Waals surface area contributed by atoms with Crippen molar-refractivity contribution < 1.29 is 14.3 Å². The van der Waals surface area contributed by atoms with E-state index in [-0.39, 0.29) is 5.91 Å². The number of hydrogen-bond donors (Lipinski definition) is 1. The molecule has 5 nitrogen and oxygen atoms in total. The van der Waals surface area contributed by atoms with E-state index in [0.29, 0.717) is 23.7 Å². The van der Waals surface area contributed by atoms with Gasteiger partial charge in [0.15, 0.2) is 0 Å². The summed E-state index contributed by atoms with van der Waals surface area (Å²) in [6, 6.07) is 15.4. The summed E-state index contributed by atoms with van der Waals surface area (Å²) in [5.74, 6) is 1.93. The van der Waals surface area contributed by atoms with E-state index in [1.807, 2.05) is 30.3 Å². The van der Waals surface area contributed by atoms with Crippen LogP contribution in [-0.4, -0.2) is 32.1 Å². The fourth-order valence-corrected chi connectivity index (χ4v) is 2.82. The van der Waals surface area contributed by atoms with Crippen LogP contribution in [0.1, 0.15) is 12.0 Å². The molecule has 0 aliphatic carbocycles. The van der Waals surface area contributed by atoms with E-state index < -0.39 is 0 Å². The Morgan fingerprint density at radius 3 is 2.67 bits per heavy atom. The van der Waals surface area contributed by atoms with Crippen molar-refractivity contribution in [2.75, 3.05) is 20.0 Å². The number of rotatable bonds is 8. The van der Waals surface area contributed by atoms with Crippen LogP contribution in [0.2, 0.25) is 0 Å². The Kier molecular flexibility index (Phi) is 7.17. The number of benzene rings is 2. The van der Waals surface area contributed by atoms with E-state index >= 15 is 0 Å². The van der Waals surface area contributed by atoms with Crippen molar-refractivity contribution in [2.24, 2.45) is 5.10 Å².